The van der Waals surface area contributed by atoms with Crippen LogP contribution in [0.4, 0.5) is 0 Å². The molecule has 0 saturated carbocycles. The molecule has 2 rings (SSSR count). The quantitative estimate of drug-likeness (QED) is 0.642. The van der Waals surface area contributed by atoms with Crippen molar-refractivity contribution in [2.24, 2.45) is 4.99 Å². The minimum absolute atomic E-state index is 0.259. The number of cyclic esters (lactones) is 1. The summed E-state index contributed by atoms with van der Waals surface area (Å²) in [6.07, 6.45) is 0. The van der Waals surface area contributed by atoms with Crippen LogP contribution in [0.3, 0.4) is 0 Å². The first-order valence-corrected chi connectivity index (χ1v) is 4.57. The lowest BCUT2D eigenvalue weighted by Crippen LogP contribution is -1.99. The minimum Gasteiger partial charge on any atom is -0.404 e. The molecule has 72 valence electrons. The highest BCUT2D eigenvalue weighted by Gasteiger charge is 2.30. The van der Waals surface area contributed by atoms with E-state index in [0.717, 1.165) is 0 Å². The maximum absolute atomic E-state index is 11.3. The van der Waals surface area contributed by atoms with Crippen molar-refractivity contribution in [3.63, 3.8) is 0 Å². The summed E-state index contributed by atoms with van der Waals surface area (Å²) in [7, 11) is 1.53. The third-order valence-electron chi connectivity index (χ3n) is 1.88. The van der Waals surface area contributed by atoms with E-state index < -0.39 is 5.97 Å². The standard InChI is InChI=1S/C9H5Cl2NO2/c1-12-8-5-2-4(10)3-6(11)7(5)9(13)14-8/h2-3H,1H3. The van der Waals surface area contributed by atoms with E-state index in [9.17, 15) is 4.79 Å². The maximum Gasteiger partial charge on any atom is 0.347 e. The number of benzene rings is 1. The molecule has 0 amide bonds. The highest BCUT2D eigenvalue weighted by atomic mass is 35.5. The zero-order chi connectivity index (χ0) is 10.3. The Hall–Kier alpha value is -1.06. The van der Waals surface area contributed by atoms with E-state index in [0.29, 0.717) is 16.1 Å². The van der Waals surface area contributed by atoms with E-state index >= 15 is 0 Å². The number of ether oxygens (including phenoxy) is 1. The number of esters is 1. The Kier molecular flexibility index (Phi) is 2.21. The van der Waals surface area contributed by atoms with Crippen LogP contribution in [-0.2, 0) is 4.74 Å². The smallest absolute Gasteiger partial charge is 0.347 e. The van der Waals surface area contributed by atoms with Crippen LogP contribution in [0, 0.1) is 0 Å². The second-order valence-corrected chi connectivity index (χ2v) is 3.57. The Morgan fingerprint density at radius 1 is 1.36 bits per heavy atom. The van der Waals surface area contributed by atoms with Crippen molar-refractivity contribution in [3.8, 4) is 0 Å². The number of fused-ring (bicyclic) bond motifs is 1. The lowest BCUT2D eigenvalue weighted by molar-refractivity contribution is 0.0737. The average molecular weight is 230 g/mol. The molecule has 0 atom stereocenters. The second kappa shape index (κ2) is 3.26. The minimum atomic E-state index is -0.484. The average Bonchev–Trinajstić information content (AvgIpc) is 2.42. The number of aliphatic imine (C=N–C) groups is 1. The molecule has 0 saturated heterocycles. The Morgan fingerprint density at radius 3 is 2.71 bits per heavy atom. The molecule has 0 aliphatic carbocycles. The van der Waals surface area contributed by atoms with E-state index in [2.05, 4.69) is 4.99 Å². The van der Waals surface area contributed by atoms with Gasteiger partial charge in [-0.2, -0.15) is 0 Å². The van der Waals surface area contributed by atoms with Crippen molar-refractivity contribution in [2.45, 2.75) is 0 Å². The summed E-state index contributed by atoms with van der Waals surface area (Å²) in [6.45, 7) is 0. The van der Waals surface area contributed by atoms with Gasteiger partial charge in [0.1, 0.15) is 0 Å². The fourth-order valence-corrected chi connectivity index (χ4v) is 1.88. The van der Waals surface area contributed by atoms with Gasteiger partial charge in [-0.15, -0.1) is 0 Å². The Labute approximate surface area is 90.3 Å². The number of halogens is 2. The lowest BCUT2D eigenvalue weighted by atomic mass is 10.1. The monoisotopic (exact) mass is 229 g/mol. The molecule has 0 bridgehead atoms. The molecule has 3 nitrogen and oxygen atoms in total. The van der Waals surface area contributed by atoms with Crippen LogP contribution in [0.5, 0.6) is 0 Å². The second-order valence-electron chi connectivity index (χ2n) is 2.73. The molecule has 0 fully saturated rings. The maximum atomic E-state index is 11.3. The zero-order valence-electron chi connectivity index (χ0n) is 7.17. The molecule has 0 unspecified atom stereocenters. The van der Waals surface area contributed by atoms with Gasteiger partial charge in [0.15, 0.2) is 0 Å². The van der Waals surface area contributed by atoms with Crippen LogP contribution in [-0.4, -0.2) is 18.9 Å². The molecule has 1 aromatic rings. The summed E-state index contributed by atoms with van der Waals surface area (Å²) in [6, 6.07) is 3.11. The number of hydrogen-bond donors (Lipinski definition) is 0. The van der Waals surface area contributed by atoms with Crippen molar-refractivity contribution in [1.29, 1.82) is 0 Å². The Balaban J connectivity index is 2.74. The molecule has 14 heavy (non-hydrogen) atoms. The van der Waals surface area contributed by atoms with Gasteiger partial charge >= 0.3 is 5.97 Å². The van der Waals surface area contributed by atoms with Gasteiger partial charge in [0, 0.05) is 12.1 Å². The Morgan fingerprint density at radius 2 is 2.07 bits per heavy atom. The van der Waals surface area contributed by atoms with E-state index in [1.54, 1.807) is 6.07 Å². The van der Waals surface area contributed by atoms with Gasteiger partial charge in [-0.1, -0.05) is 23.2 Å². The Bertz CT molecular complexity index is 454. The van der Waals surface area contributed by atoms with Gasteiger partial charge in [0.05, 0.1) is 16.1 Å². The number of carbonyl (C=O) groups excluding carboxylic acids is 1. The van der Waals surface area contributed by atoms with Crippen LogP contribution in [0.25, 0.3) is 0 Å². The van der Waals surface area contributed by atoms with Crippen molar-refractivity contribution in [3.05, 3.63) is 33.3 Å². The van der Waals surface area contributed by atoms with E-state index in [-0.39, 0.29) is 10.9 Å². The summed E-state index contributed by atoms with van der Waals surface area (Å²) in [5.74, 6) is -0.225. The predicted octanol–water partition coefficient (Wildman–Crippen LogP) is 2.54. The number of hydrogen-bond acceptors (Lipinski definition) is 3. The molecule has 0 aromatic heterocycles. The molecule has 5 heteroatoms. The SMILES string of the molecule is CN=C1OC(=O)c2c(Cl)cc(Cl)cc21. The summed E-state index contributed by atoms with van der Waals surface area (Å²) < 4.78 is 4.88. The molecule has 0 spiro atoms. The first kappa shape index (κ1) is 9.49. The molecule has 1 heterocycles. The number of nitrogens with zero attached hydrogens (tertiary/aromatic N) is 1. The summed E-state index contributed by atoms with van der Waals surface area (Å²) in [5.41, 5.74) is 0.881. The fraction of sp³-hybridized carbons (Fsp3) is 0.111. The van der Waals surface area contributed by atoms with E-state index in [1.807, 2.05) is 0 Å². The van der Waals surface area contributed by atoms with E-state index in [1.165, 1.54) is 13.1 Å². The van der Waals surface area contributed by atoms with Crippen molar-refractivity contribution in [2.75, 3.05) is 7.05 Å². The highest BCUT2D eigenvalue weighted by molar-refractivity contribution is 6.39. The first-order chi connectivity index (χ1) is 6.63. The van der Waals surface area contributed by atoms with Gasteiger partial charge < -0.3 is 4.74 Å². The number of carbonyl (C=O) groups is 1. The lowest BCUT2D eigenvalue weighted by Gasteiger charge is -1.97. The van der Waals surface area contributed by atoms with Gasteiger partial charge in [-0.05, 0) is 12.1 Å². The van der Waals surface area contributed by atoms with Crippen molar-refractivity contribution < 1.29 is 9.53 Å². The van der Waals surface area contributed by atoms with Crippen LogP contribution in [0.15, 0.2) is 17.1 Å². The van der Waals surface area contributed by atoms with Crippen molar-refractivity contribution >= 4 is 35.1 Å². The molecule has 1 aromatic carbocycles. The van der Waals surface area contributed by atoms with Crippen LogP contribution < -0.4 is 0 Å². The molecule has 1 aliphatic rings. The van der Waals surface area contributed by atoms with Gasteiger partial charge in [0.2, 0.25) is 5.90 Å². The summed E-state index contributed by atoms with van der Waals surface area (Å²) >= 11 is 11.6. The topological polar surface area (TPSA) is 38.7 Å². The molecule has 0 radical (unpaired) electrons. The van der Waals surface area contributed by atoms with Gasteiger partial charge in [-0.25, -0.2) is 4.79 Å². The molecule has 0 N–H and O–H groups in total. The first-order valence-electron chi connectivity index (χ1n) is 3.82. The van der Waals surface area contributed by atoms with Crippen LogP contribution in [0.1, 0.15) is 15.9 Å². The van der Waals surface area contributed by atoms with Crippen molar-refractivity contribution in [1.82, 2.24) is 0 Å². The van der Waals surface area contributed by atoms with Gasteiger partial charge in [0.25, 0.3) is 0 Å². The number of rotatable bonds is 0. The normalized spacial score (nSPS) is 17.1. The van der Waals surface area contributed by atoms with Gasteiger partial charge in [-0.3, -0.25) is 4.99 Å². The fourth-order valence-electron chi connectivity index (χ4n) is 1.31. The largest absolute Gasteiger partial charge is 0.404 e. The molecular formula is C9H5Cl2NO2. The van der Waals surface area contributed by atoms with Crippen LogP contribution in [0.2, 0.25) is 10.0 Å². The molecular weight excluding hydrogens is 225 g/mol. The third-order valence-corrected chi connectivity index (χ3v) is 2.40. The third kappa shape index (κ3) is 1.29. The predicted molar refractivity (Wildman–Crippen MR) is 54.3 cm³/mol. The summed E-state index contributed by atoms with van der Waals surface area (Å²) in [5, 5.41) is 0.740. The van der Waals surface area contributed by atoms with E-state index in [4.69, 9.17) is 27.9 Å². The highest BCUT2D eigenvalue weighted by Crippen LogP contribution is 2.30. The zero-order valence-corrected chi connectivity index (χ0v) is 8.69. The summed E-state index contributed by atoms with van der Waals surface area (Å²) in [4.78, 5) is 15.2. The van der Waals surface area contributed by atoms with Crippen LogP contribution >= 0.6 is 23.2 Å². The molecule has 1 aliphatic heterocycles.